The summed E-state index contributed by atoms with van der Waals surface area (Å²) in [6.45, 7) is 3.07. The summed E-state index contributed by atoms with van der Waals surface area (Å²) in [5, 5.41) is 2.16. The van der Waals surface area contributed by atoms with Crippen molar-refractivity contribution in [1.82, 2.24) is 9.55 Å². The average molecular weight is 296 g/mol. The van der Waals surface area contributed by atoms with Crippen LogP contribution in [0.4, 0.5) is 4.39 Å². The first-order valence-electron chi connectivity index (χ1n) is 6.90. The molecule has 0 fully saturated rings. The Balaban J connectivity index is 1.90. The van der Waals surface area contributed by atoms with Gasteiger partial charge < -0.3 is 4.57 Å². The van der Waals surface area contributed by atoms with Gasteiger partial charge in [0.15, 0.2) is 0 Å². The fraction of sp³-hybridized carbons (Fsp3) is 0.118. The van der Waals surface area contributed by atoms with Crippen LogP contribution in [0.2, 0.25) is 0 Å². The Hall–Kier alpha value is -2.20. The SMILES string of the molecule is CCn1ccc2ccc(-c3nc4ccc(F)cc4s3)cc21. The topological polar surface area (TPSA) is 17.8 Å². The summed E-state index contributed by atoms with van der Waals surface area (Å²) in [6.07, 6.45) is 2.10. The van der Waals surface area contributed by atoms with Gasteiger partial charge in [-0.1, -0.05) is 12.1 Å². The lowest BCUT2D eigenvalue weighted by Crippen LogP contribution is -1.90. The van der Waals surface area contributed by atoms with Crippen molar-refractivity contribution in [3.63, 3.8) is 0 Å². The third kappa shape index (κ3) is 2.03. The van der Waals surface area contributed by atoms with Crippen molar-refractivity contribution in [2.24, 2.45) is 0 Å². The highest BCUT2D eigenvalue weighted by atomic mass is 32.1. The zero-order valence-electron chi connectivity index (χ0n) is 11.5. The molecule has 0 bridgehead atoms. The maximum atomic E-state index is 13.3. The van der Waals surface area contributed by atoms with Gasteiger partial charge in [0.2, 0.25) is 0 Å². The third-order valence-corrected chi connectivity index (χ3v) is 4.78. The maximum absolute atomic E-state index is 13.3. The Morgan fingerprint density at radius 3 is 2.90 bits per heavy atom. The molecule has 0 N–H and O–H groups in total. The number of fused-ring (bicyclic) bond motifs is 2. The van der Waals surface area contributed by atoms with Gasteiger partial charge in [0.1, 0.15) is 10.8 Å². The summed E-state index contributed by atoms with van der Waals surface area (Å²) in [6, 6.07) is 13.2. The summed E-state index contributed by atoms with van der Waals surface area (Å²) in [5.74, 6) is -0.215. The van der Waals surface area contributed by atoms with Crippen molar-refractivity contribution in [1.29, 1.82) is 0 Å². The zero-order valence-corrected chi connectivity index (χ0v) is 12.3. The van der Waals surface area contributed by atoms with E-state index in [-0.39, 0.29) is 5.82 Å². The van der Waals surface area contributed by atoms with Gasteiger partial charge in [-0.25, -0.2) is 9.37 Å². The first kappa shape index (κ1) is 12.5. The maximum Gasteiger partial charge on any atom is 0.124 e. The quantitative estimate of drug-likeness (QED) is 0.504. The summed E-state index contributed by atoms with van der Waals surface area (Å²) >= 11 is 1.53. The molecule has 0 saturated heterocycles. The largest absolute Gasteiger partial charge is 0.348 e. The highest BCUT2D eigenvalue weighted by Crippen LogP contribution is 2.32. The highest BCUT2D eigenvalue weighted by Gasteiger charge is 2.09. The van der Waals surface area contributed by atoms with Crippen LogP contribution in [0.3, 0.4) is 0 Å². The standard InChI is InChI=1S/C17H13FN2S/c1-2-20-8-7-11-3-4-12(9-15(11)20)17-19-14-6-5-13(18)10-16(14)21-17/h3-10H,2H2,1H3. The van der Waals surface area contributed by atoms with E-state index in [1.54, 1.807) is 12.1 Å². The molecule has 2 aromatic carbocycles. The van der Waals surface area contributed by atoms with Crippen molar-refractivity contribution in [2.45, 2.75) is 13.5 Å². The number of thiazole rings is 1. The molecule has 4 heteroatoms. The molecule has 0 unspecified atom stereocenters. The van der Waals surface area contributed by atoms with Gasteiger partial charge in [0.25, 0.3) is 0 Å². The Bertz CT molecular complexity index is 952. The molecule has 4 rings (SSSR count). The lowest BCUT2D eigenvalue weighted by Gasteiger charge is -2.02. The van der Waals surface area contributed by atoms with Gasteiger partial charge in [-0.2, -0.15) is 0 Å². The fourth-order valence-electron chi connectivity index (χ4n) is 2.61. The normalized spacial score (nSPS) is 11.5. The molecule has 21 heavy (non-hydrogen) atoms. The van der Waals surface area contributed by atoms with Crippen LogP contribution in [-0.2, 0) is 6.54 Å². The number of benzene rings is 2. The first-order chi connectivity index (χ1) is 10.2. The van der Waals surface area contributed by atoms with E-state index >= 15 is 0 Å². The molecule has 0 spiro atoms. The molecular weight excluding hydrogens is 283 g/mol. The molecule has 0 radical (unpaired) electrons. The monoisotopic (exact) mass is 296 g/mol. The van der Waals surface area contributed by atoms with Gasteiger partial charge in [0, 0.05) is 23.8 Å². The molecule has 104 valence electrons. The predicted molar refractivity (Wildman–Crippen MR) is 86.2 cm³/mol. The fourth-order valence-corrected chi connectivity index (χ4v) is 3.60. The molecule has 2 nitrogen and oxygen atoms in total. The smallest absolute Gasteiger partial charge is 0.124 e. The van der Waals surface area contributed by atoms with E-state index in [1.807, 2.05) is 0 Å². The van der Waals surface area contributed by atoms with E-state index in [9.17, 15) is 4.39 Å². The van der Waals surface area contributed by atoms with Crippen LogP contribution in [0, 0.1) is 5.82 Å². The van der Waals surface area contributed by atoms with Gasteiger partial charge >= 0.3 is 0 Å². The molecule has 0 saturated carbocycles. The van der Waals surface area contributed by atoms with E-state index in [0.29, 0.717) is 0 Å². The van der Waals surface area contributed by atoms with Crippen molar-refractivity contribution in [3.05, 3.63) is 54.5 Å². The lowest BCUT2D eigenvalue weighted by molar-refractivity contribution is 0.630. The number of aryl methyl sites for hydroxylation is 1. The number of hydrogen-bond acceptors (Lipinski definition) is 2. The second-order valence-corrected chi connectivity index (χ2v) is 6.04. The summed E-state index contributed by atoms with van der Waals surface area (Å²) < 4.78 is 16.4. The minimum atomic E-state index is -0.215. The molecule has 2 aromatic heterocycles. The Morgan fingerprint density at radius 1 is 1.14 bits per heavy atom. The summed E-state index contributed by atoms with van der Waals surface area (Å²) in [5.41, 5.74) is 3.14. The molecule has 0 aliphatic carbocycles. The minimum absolute atomic E-state index is 0.215. The Morgan fingerprint density at radius 2 is 2.05 bits per heavy atom. The molecular formula is C17H13FN2S. The molecule has 0 atom stereocenters. The van der Waals surface area contributed by atoms with E-state index in [4.69, 9.17) is 0 Å². The van der Waals surface area contributed by atoms with Crippen LogP contribution in [0.1, 0.15) is 6.92 Å². The van der Waals surface area contributed by atoms with E-state index in [0.717, 1.165) is 27.3 Å². The molecule has 0 aliphatic heterocycles. The molecule has 0 aliphatic rings. The van der Waals surface area contributed by atoms with Gasteiger partial charge in [-0.05, 0) is 42.6 Å². The van der Waals surface area contributed by atoms with Gasteiger partial charge in [-0.15, -0.1) is 11.3 Å². The van der Waals surface area contributed by atoms with E-state index in [2.05, 4.69) is 46.9 Å². The number of rotatable bonds is 2. The second kappa shape index (κ2) is 4.67. The zero-order chi connectivity index (χ0) is 14.4. The molecule has 2 heterocycles. The summed E-state index contributed by atoms with van der Waals surface area (Å²) in [7, 11) is 0. The van der Waals surface area contributed by atoms with Crippen LogP contribution in [0.25, 0.3) is 31.7 Å². The number of halogens is 1. The average Bonchev–Trinajstić information content (AvgIpc) is 3.09. The van der Waals surface area contributed by atoms with Crippen molar-refractivity contribution in [3.8, 4) is 10.6 Å². The van der Waals surface area contributed by atoms with Crippen LogP contribution < -0.4 is 0 Å². The minimum Gasteiger partial charge on any atom is -0.348 e. The van der Waals surface area contributed by atoms with Crippen LogP contribution in [0.15, 0.2) is 48.7 Å². The van der Waals surface area contributed by atoms with Crippen molar-refractivity contribution in [2.75, 3.05) is 0 Å². The summed E-state index contributed by atoms with van der Waals surface area (Å²) in [4.78, 5) is 4.61. The van der Waals surface area contributed by atoms with Gasteiger partial charge in [0.05, 0.1) is 10.2 Å². The first-order valence-corrected chi connectivity index (χ1v) is 7.71. The van der Waals surface area contributed by atoms with Gasteiger partial charge in [-0.3, -0.25) is 0 Å². The van der Waals surface area contributed by atoms with E-state index in [1.165, 1.54) is 28.3 Å². The number of hydrogen-bond donors (Lipinski definition) is 0. The predicted octanol–water partition coefficient (Wildman–Crippen LogP) is 5.08. The third-order valence-electron chi connectivity index (χ3n) is 3.71. The molecule has 0 amide bonds. The van der Waals surface area contributed by atoms with Crippen LogP contribution in [0.5, 0.6) is 0 Å². The lowest BCUT2D eigenvalue weighted by atomic mass is 10.2. The Labute approximate surface area is 125 Å². The van der Waals surface area contributed by atoms with Crippen LogP contribution in [-0.4, -0.2) is 9.55 Å². The molecule has 4 aromatic rings. The number of aromatic nitrogens is 2. The second-order valence-electron chi connectivity index (χ2n) is 5.01. The van der Waals surface area contributed by atoms with E-state index < -0.39 is 0 Å². The van der Waals surface area contributed by atoms with Crippen molar-refractivity contribution < 1.29 is 4.39 Å². The van der Waals surface area contributed by atoms with Crippen molar-refractivity contribution >= 4 is 32.5 Å². The highest BCUT2D eigenvalue weighted by molar-refractivity contribution is 7.21. The van der Waals surface area contributed by atoms with Crippen LogP contribution >= 0.6 is 11.3 Å². The Kier molecular flexibility index (Phi) is 2.79. The number of nitrogens with zero attached hydrogens (tertiary/aromatic N) is 2.